The summed E-state index contributed by atoms with van der Waals surface area (Å²) < 4.78 is 69.0. The van der Waals surface area contributed by atoms with Gasteiger partial charge in [-0.05, 0) is 12.8 Å². The third-order valence-electron chi connectivity index (χ3n) is 2.47. The van der Waals surface area contributed by atoms with Crippen LogP contribution in [0.25, 0.3) is 0 Å². The Bertz CT molecular complexity index is 236. The van der Waals surface area contributed by atoms with Crippen LogP contribution in [-0.2, 0) is 0 Å². The van der Waals surface area contributed by atoms with Crippen molar-refractivity contribution in [2.75, 3.05) is 6.61 Å². The van der Waals surface area contributed by atoms with Crippen LogP contribution in [0.3, 0.4) is 0 Å². The van der Waals surface area contributed by atoms with Crippen LogP contribution < -0.4 is 0 Å². The predicted molar refractivity (Wildman–Crippen MR) is 63.4 cm³/mol. The molecule has 20 heavy (non-hydrogen) atoms. The van der Waals surface area contributed by atoms with E-state index in [2.05, 4.69) is 13.8 Å². The molecule has 0 aromatic carbocycles. The second-order valence-corrected chi connectivity index (χ2v) is 4.37. The van der Waals surface area contributed by atoms with Crippen molar-refractivity contribution in [2.24, 2.45) is 0 Å². The van der Waals surface area contributed by atoms with Crippen LogP contribution in [0, 0.1) is 0 Å². The Morgan fingerprint density at radius 1 is 0.950 bits per heavy atom. The Balaban J connectivity index is 0. The number of halogens is 6. The quantitative estimate of drug-likeness (QED) is 0.668. The summed E-state index contributed by atoms with van der Waals surface area (Å²) >= 11 is 0. The highest BCUT2D eigenvalue weighted by atomic mass is 19.3. The smallest absolute Gasteiger partial charge is 0.371 e. The van der Waals surface area contributed by atoms with Gasteiger partial charge >= 0.3 is 18.3 Å². The van der Waals surface area contributed by atoms with Crippen LogP contribution in [-0.4, -0.2) is 41.2 Å². The van der Waals surface area contributed by atoms with Crippen molar-refractivity contribution in [3.63, 3.8) is 0 Å². The first-order valence-electron chi connectivity index (χ1n) is 6.39. The summed E-state index contributed by atoms with van der Waals surface area (Å²) in [6, 6.07) is 0. The molecule has 0 amide bonds. The van der Waals surface area contributed by atoms with Crippen LogP contribution >= 0.6 is 0 Å². The molecule has 0 heterocycles. The zero-order valence-electron chi connectivity index (χ0n) is 11.6. The minimum Gasteiger partial charge on any atom is -0.393 e. The Morgan fingerprint density at radius 3 is 1.70 bits per heavy atom. The highest BCUT2D eigenvalue weighted by Crippen LogP contribution is 2.38. The van der Waals surface area contributed by atoms with Crippen LogP contribution in [0.2, 0.25) is 0 Å². The SMILES string of the molecule is CCCCC(O)CCC.OCC(F)(F)C(F)(F)C(F)F. The zero-order chi connectivity index (χ0) is 16.4. The summed E-state index contributed by atoms with van der Waals surface area (Å²) in [5.74, 6) is -10.5. The molecule has 124 valence electrons. The van der Waals surface area contributed by atoms with Gasteiger partial charge in [0.05, 0.1) is 6.10 Å². The van der Waals surface area contributed by atoms with Gasteiger partial charge in [-0.15, -0.1) is 0 Å². The van der Waals surface area contributed by atoms with Crippen molar-refractivity contribution < 1.29 is 36.6 Å². The molecule has 0 spiro atoms. The third-order valence-corrected chi connectivity index (χ3v) is 2.47. The number of alkyl halides is 6. The van der Waals surface area contributed by atoms with E-state index in [4.69, 9.17) is 5.11 Å². The van der Waals surface area contributed by atoms with Crippen LogP contribution in [0.4, 0.5) is 26.3 Å². The number of hydrogen-bond donors (Lipinski definition) is 2. The van der Waals surface area contributed by atoms with E-state index in [0.29, 0.717) is 0 Å². The molecule has 0 radical (unpaired) electrons. The molecule has 0 aliphatic carbocycles. The van der Waals surface area contributed by atoms with Gasteiger partial charge in [0.15, 0.2) is 0 Å². The lowest BCUT2D eigenvalue weighted by molar-refractivity contribution is -0.274. The second kappa shape index (κ2) is 10.3. The van der Waals surface area contributed by atoms with E-state index in [9.17, 15) is 31.4 Å². The Hall–Kier alpha value is -0.500. The van der Waals surface area contributed by atoms with E-state index >= 15 is 0 Å². The average molecular weight is 312 g/mol. The Morgan fingerprint density at radius 2 is 1.45 bits per heavy atom. The molecule has 0 saturated heterocycles. The first kappa shape index (κ1) is 21.8. The lowest BCUT2D eigenvalue weighted by Crippen LogP contribution is -2.48. The number of aliphatic hydroxyl groups excluding tert-OH is 2. The van der Waals surface area contributed by atoms with E-state index in [1.54, 1.807) is 0 Å². The van der Waals surface area contributed by atoms with Crippen LogP contribution in [0.15, 0.2) is 0 Å². The molecule has 0 rings (SSSR count). The van der Waals surface area contributed by atoms with Crippen molar-refractivity contribution in [1.29, 1.82) is 0 Å². The van der Waals surface area contributed by atoms with Gasteiger partial charge in [-0.1, -0.05) is 33.1 Å². The molecule has 2 N–H and O–H groups in total. The van der Waals surface area contributed by atoms with Gasteiger partial charge in [-0.25, -0.2) is 8.78 Å². The van der Waals surface area contributed by atoms with E-state index in [1.165, 1.54) is 12.8 Å². The summed E-state index contributed by atoms with van der Waals surface area (Å²) in [7, 11) is 0. The molecule has 0 aromatic heterocycles. The van der Waals surface area contributed by atoms with Crippen molar-refractivity contribution in [2.45, 2.75) is 70.3 Å². The maximum Gasteiger partial charge on any atom is 0.371 e. The maximum atomic E-state index is 11.7. The average Bonchev–Trinajstić information content (AvgIpc) is 2.37. The molecule has 8 heteroatoms. The summed E-state index contributed by atoms with van der Waals surface area (Å²) in [5, 5.41) is 16.8. The largest absolute Gasteiger partial charge is 0.393 e. The number of hydrogen-bond acceptors (Lipinski definition) is 2. The highest BCUT2D eigenvalue weighted by molar-refractivity contribution is 4.86. The molecule has 0 bridgehead atoms. The number of unbranched alkanes of at least 4 members (excludes halogenated alkanes) is 1. The molecule has 0 aliphatic heterocycles. The summed E-state index contributed by atoms with van der Waals surface area (Å²) in [6.45, 7) is 1.96. The fourth-order valence-corrected chi connectivity index (χ4v) is 1.18. The molecular weight excluding hydrogens is 290 g/mol. The topological polar surface area (TPSA) is 40.5 Å². The summed E-state index contributed by atoms with van der Waals surface area (Å²) in [5.41, 5.74) is 0. The fraction of sp³-hybridized carbons (Fsp3) is 1.00. The predicted octanol–water partition coefficient (Wildman–Crippen LogP) is 3.85. The minimum atomic E-state index is -5.47. The molecule has 2 nitrogen and oxygen atoms in total. The van der Waals surface area contributed by atoms with E-state index in [1.807, 2.05) is 0 Å². The standard InChI is InChI=1S/C8H18O.C4H4F6O/c1-3-5-7-8(9)6-4-2;5-2(6)4(9,10)3(7,8)1-11/h8-9H,3-7H2,1-2H3;2,11H,1H2. The summed E-state index contributed by atoms with van der Waals surface area (Å²) in [4.78, 5) is 0. The van der Waals surface area contributed by atoms with E-state index in [-0.39, 0.29) is 6.10 Å². The van der Waals surface area contributed by atoms with Gasteiger partial charge in [0.1, 0.15) is 6.61 Å². The number of aliphatic hydroxyl groups is 2. The van der Waals surface area contributed by atoms with Crippen molar-refractivity contribution in [1.82, 2.24) is 0 Å². The lowest BCUT2D eigenvalue weighted by atomic mass is 10.1. The molecule has 1 atom stereocenters. The van der Waals surface area contributed by atoms with Gasteiger partial charge in [0.2, 0.25) is 0 Å². The lowest BCUT2D eigenvalue weighted by Gasteiger charge is -2.23. The molecule has 0 saturated carbocycles. The zero-order valence-corrected chi connectivity index (χ0v) is 11.6. The highest BCUT2D eigenvalue weighted by Gasteiger charge is 2.62. The Labute approximate surface area is 114 Å². The van der Waals surface area contributed by atoms with Crippen LogP contribution in [0.5, 0.6) is 0 Å². The first-order chi connectivity index (χ1) is 9.06. The van der Waals surface area contributed by atoms with E-state index < -0.39 is 24.9 Å². The maximum absolute atomic E-state index is 11.7. The van der Waals surface area contributed by atoms with Gasteiger partial charge in [0, 0.05) is 0 Å². The first-order valence-corrected chi connectivity index (χ1v) is 6.39. The van der Waals surface area contributed by atoms with Gasteiger partial charge in [-0.2, -0.15) is 17.6 Å². The fourth-order valence-electron chi connectivity index (χ4n) is 1.18. The molecule has 0 aliphatic rings. The summed E-state index contributed by atoms with van der Waals surface area (Å²) in [6.07, 6.45) is 0.913. The van der Waals surface area contributed by atoms with E-state index in [0.717, 1.165) is 19.3 Å². The minimum absolute atomic E-state index is 0.0325. The number of rotatable bonds is 8. The normalized spacial score (nSPS) is 13.9. The van der Waals surface area contributed by atoms with Gasteiger partial charge < -0.3 is 10.2 Å². The molecule has 1 unspecified atom stereocenters. The van der Waals surface area contributed by atoms with Crippen molar-refractivity contribution >= 4 is 0 Å². The van der Waals surface area contributed by atoms with Gasteiger partial charge in [0.25, 0.3) is 0 Å². The molecular formula is C12H22F6O2. The van der Waals surface area contributed by atoms with Crippen molar-refractivity contribution in [3.05, 3.63) is 0 Å². The third kappa shape index (κ3) is 7.94. The monoisotopic (exact) mass is 312 g/mol. The van der Waals surface area contributed by atoms with Crippen molar-refractivity contribution in [3.8, 4) is 0 Å². The van der Waals surface area contributed by atoms with Gasteiger partial charge in [-0.3, -0.25) is 0 Å². The molecule has 0 fully saturated rings. The molecule has 0 aromatic rings. The van der Waals surface area contributed by atoms with Crippen LogP contribution in [0.1, 0.15) is 46.0 Å². The second-order valence-electron chi connectivity index (χ2n) is 4.37. The Kier molecular flexibility index (Phi) is 11.2.